The van der Waals surface area contributed by atoms with E-state index in [-0.39, 0.29) is 29.8 Å². The van der Waals surface area contributed by atoms with E-state index in [1.807, 2.05) is 77.2 Å². The van der Waals surface area contributed by atoms with Gasteiger partial charge in [-0.2, -0.15) is 0 Å². The predicted octanol–water partition coefficient (Wildman–Crippen LogP) is 5.61. The molecule has 0 N–H and O–H groups in total. The van der Waals surface area contributed by atoms with Crippen molar-refractivity contribution in [1.82, 2.24) is 14.4 Å². The Bertz CT molecular complexity index is 1210. The van der Waals surface area contributed by atoms with E-state index in [1.165, 1.54) is 23.1 Å². The molecule has 0 saturated carbocycles. The van der Waals surface area contributed by atoms with Crippen LogP contribution < -0.4 is 4.74 Å². The maximum absolute atomic E-state index is 13.8. The third-order valence-electron chi connectivity index (χ3n) is 6.11. The predicted molar refractivity (Wildman–Crippen MR) is 144 cm³/mol. The number of halogens is 1. The number of methoxy groups -OCH3 is 1. The average Bonchev–Trinajstić information content (AvgIpc) is 3.27. The van der Waals surface area contributed by atoms with Gasteiger partial charge in [-0.1, -0.05) is 32.0 Å². The summed E-state index contributed by atoms with van der Waals surface area (Å²) in [6, 6.07) is 17.5. The van der Waals surface area contributed by atoms with Crippen molar-refractivity contribution in [2.45, 2.75) is 53.2 Å². The summed E-state index contributed by atoms with van der Waals surface area (Å²) < 4.78 is 21.3. The molecule has 0 spiro atoms. The van der Waals surface area contributed by atoms with Crippen LogP contribution in [0.25, 0.3) is 0 Å². The van der Waals surface area contributed by atoms with Gasteiger partial charge in [0, 0.05) is 36.1 Å². The minimum Gasteiger partial charge on any atom is -0.497 e. The van der Waals surface area contributed by atoms with Crippen LogP contribution in [-0.4, -0.2) is 51.9 Å². The van der Waals surface area contributed by atoms with E-state index in [0.29, 0.717) is 19.6 Å². The van der Waals surface area contributed by atoms with Crippen LogP contribution in [0, 0.1) is 11.7 Å². The second kappa shape index (κ2) is 12.1. The summed E-state index contributed by atoms with van der Waals surface area (Å²) in [5.74, 6) is -0.0435. The number of carbonyl (C=O) groups is 2. The monoisotopic (exact) mass is 507 g/mol. The van der Waals surface area contributed by atoms with Crippen LogP contribution in [0.15, 0.2) is 66.9 Å². The first kappa shape index (κ1) is 28.0. The van der Waals surface area contributed by atoms with Crippen LogP contribution in [0.4, 0.5) is 4.39 Å². The first-order chi connectivity index (χ1) is 17.5. The fourth-order valence-electron chi connectivity index (χ4n) is 4.29. The van der Waals surface area contributed by atoms with Gasteiger partial charge in [-0.25, -0.2) is 4.39 Å². The van der Waals surface area contributed by atoms with Crippen molar-refractivity contribution in [3.8, 4) is 5.75 Å². The molecule has 2 aromatic carbocycles. The van der Waals surface area contributed by atoms with Gasteiger partial charge < -0.3 is 19.1 Å². The highest BCUT2D eigenvalue weighted by atomic mass is 19.1. The van der Waals surface area contributed by atoms with Crippen LogP contribution in [0.5, 0.6) is 5.75 Å². The van der Waals surface area contributed by atoms with Gasteiger partial charge in [0.25, 0.3) is 5.91 Å². The number of hydrogen-bond donors (Lipinski definition) is 0. The van der Waals surface area contributed by atoms with E-state index >= 15 is 0 Å². The maximum Gasteiger partial charge on any atom is 0.254 e. The summed E-state index contributed by atoms with van der Waals surface area (Å²) in [5.41, 5.74) is 1.84. The van der Waals surface area contributed by atoms with E-state index < -0.39 is 11.4 Å². The van der Waals surface area contributed by atoms with Crippen molar-refractivity contribution < 1.29 is 18.7 Å². The molecule has 0 saturated heterocycles. The van der Waals surface area contributed by atoms with E-state index in [9.17, 15) is 14.0 Å². The largest absolute Gasteiger partial charge is 0.497 e. The van der Waals surface area contributed by atoms with Crippen molar-refractivity contribution in [2.75, 3.05) is 20.2 Å². The van der Waals surface area contributed by atoms with Gasteiger partial charge in [-0.3, -0.25) is 9.59 Å². The average molecular weight is 508 g/mol. The highest BCUT2D eigenvalue weighted by Gasteiger charge is 2.30. The minimum atomic E-state index is -0.479. The normalized spacial score (nSPS) is 11.5. The number of ether oxygens (including phenoxy) is 1. The van der Waals surface area contributed by atoms with Gasteiger partial charge in [0.15, 0.2) is 0 Å². The lowest BCUT2D eigenvalue weighted by molar-refractivity contribution is -0.137. The molecule has 37 heavy (non-hydrogen) atoms. The molecule has 0 atom stereocenters. The highest BCUT2D eigenvalue weighted by molar-refractivity contribution is 5.96. The number of rotatable bonds is 10. The fraction of sp³-hybridized carbons (Fsp3) is 0.400. The lowest BCUT2D eigenvalue weighted by Crippen LogP contribution is -2.50. The van der Waals surface area contributed by atoms with Gasteiger partial charge in [-0.05, 0) is 74.7 Å². The molecule has 1 aromatic heterocycles. The highest BCUT2D eigenvalue weighted by Crippen LogP contribution is 2.21. The molecule has 7 heteroatoms. The molecule has 0 radical (unpaired) electrons. The zero-order valence-electron chi connectivity index (χ0n) is 22.7. The SMILES string of the molecule is COc1cccc(Cn2cccc2CN(C(=O)CN(CC(C)C)C(=O)c2cccc(F)c2)C(C)(C)C)c1. The first-order valence-electron chi connectivity index (χ1n) is 12.6. The van der Waals surface area contributed by atoms with Crippen LogP contribution >= 0.6 is 0 Å². The zero-order valence-corrected chi connectivity index (χ0v) is 22.7. The maximum atomic E-state index is 13.8. The zero-order chi connectivity index (χ0) is 27.2. The lowest BCUT2D eigenvalue weighted by Gasteiger charge is -2.37. The molecular formula is C30H38FN3O3. The second-order valence-electron chi connectivity index (χ2n) is 10.7. The Kier molecular flexibility index (Phi) is 9.14. The molecule has 0 aliphatic rings. The molecule has 0 aliphatic carbocycles. The number of nitrogens with zero attached hydrogens (tertiary/aromatic N) is 3. The third kappa shape index (κ3) is 7.68. The van der Waals surface area contributed by atoms with Crippen LogP contribution in [0.3, 0.4) is 0 Å². The molecule has 0 unspecified atom stereocenters. The third-order valence-corrected chi connectivity index (χ3v) is 6.11. The van der Waals surface area contributed by atoms with Gasteiger partial charge in [0.1, 0.15) is 18.1 Å². The summed E-state index contributed by atoms with van der Waals surface area (Å²) >= 11 is 0. The Morgan fingerprint density at radius 2 is 1.76 bits per heavy atom. The molecule has 6 nitrogen and oxygen atoms in total. The molecule has 0 bridgehead atoms. The lowest BCUT2D eigenvalue weighted by atomic mass is 10.0. The first-order valence-corrected chi connectivity index (χ1v) is 12.6. The summed E-state index contributed by atoms with van der Waals surface area (Å²) in [6.07, 6.45) is 2.00. The van der Waals surface area contributed by atoms with Crippen LogP contribution in [-0.2, 0) is 17.9 Å². The molecule has 3 aromatic rings. The van der Waals surface area contributed by atoms with Crippen molar-refractivity contribution >= 4 is 11.8 Å². The number of carbonyl (C=O) groups excluding carboxylic acids is 2. The van der Waals surface area contributed by atoms with Gasteiger partial charge >= 0.3 is 0 Å². The molecular weight excluding hydrogens is 469 g/mol. The summed E-state index contributed by atoms with van der Waals surface area (Å²) in [5, 5.41) is 0. The Balaban J connectivity index is 1.82. The quantitative estimate of drug-likeness (QED) is 0.358. The summed E-state index contributed by atoms with van der Waals surface area (Å²) in [6.45, 7) is 11.3. The van der Waals surface area contributed by atoms with Crippen molar-refractivity contribution in [1.29, 1.82) is 0 Å². The van der Waals surface area contributed by atoms with Crippen molar-refractivity contribution in [3.63, 3.8) is 0 Å². The van der Waals surface area contributed by atoms with E-state index in [4.69, 9.17) is 4.74 Å². The topological polar surface area (TPSA) is 54.8 Å². The Morgan fingerprint density at radius 3 is 2.41 bits per heavy atom. The number of aromatic nitrogens is 1. The molecule has 3 rings (SSSR count). The second-order valence-corrected chi connectivity index (χ2v) is 10.7. The Hall–Kier alpha value is -3.61. The van der Waals surface area contributed by atoms with Crippen LogP contribution in [0.1, 0.15) is 56.2 Å². The van der Waals surface area contributed by atoms with E-state index in [0.717, 1.165) is 17.0 Å². The summed E-state index contributed by atoms with van der Waals surface area (Å²) in [7, 11) is 1.65. The number of amides is 2. The molecule has 0 aliphatic heterocycles. The number of hydrogen-bond acceptors (Lipinski definition) is 3. The Labute approximate surface area is 219 Å². The molecule has 198 valence electrons. The smallest absolute Gasteiger partial charge is 0.254 e. The Morgan fingerprint density at radius 1 is 1.03 bits per heavy atom. The van der Waals surface area contributed by atoms with Crippen LogP contribution in [0.2, 0.25) is 0 Å². The van der Waals surface area contributed by atoms with Crippen molar-refractivity contribution in [2.24, 2.45) is 5.92 Å². The molecule has 2 amide bonds. The van der Waals surface area contributed by atoms with Gasteiger partial charge in [0.05, 0.1) is 13.7 Å². The van der Waals surface area contributed by atoms with E-state index in [2.05, 4.69) is 4.57 Å². The molecule has 0 fully saturated rings. The van der Waals surface area contributed by atoms with Crippen molar-refractivity contribution in [3.05, 3.63) is 89.5 Å². The number of benzene rings is 2. The van der Waals surface area contributed by atoms with Gasteiger partial charge in [0.2, 0.25) is 5.91 Å². The standard InChI is InChI=1S/C30H38FN3O3/c1-22(2)18-33(29(36)24-11-8-12-25(31)17-24)21-28(35)34(30(3,4)5)20-26-13-9-15-32(26)19-23-10-7-14-27(16-23)37-6/h7-17,22H,18-21H2,1-6H3. The molecule has 1 heterocycles. The van der Waals surface area contributed by atoms with Gasteiger partial charge in [-0.15, -0.1) is 0 Å². The summed E-state index contributed by atoms with van der Waals surface area (Å²) in [4.78, 5) is 30.3. The minimum absolute atomic E-state index is 0.0820. The van der Waals surface area contributed by atoms with E-state index in [1.54, 1.807) is 18.1 Å². The fourth-order valence-corrected chi connectivity index (χ4v) is 4.29.